The summed E-state index contributed by atoms with van der Waals surface area (Å²) in [5.74, 6) is 0.106. The van der Waals surface area contributed by atoms with Gasteiger partial charge in [-0.3, -0.25) is 9.59 Å². The molecule has 26 heavy (non-hydrogen) atoms. The van der Waals surface area contributed by atoms with Crippen LogP contribution in [-0.4, -0.2) is 50.1 Å². The number of anilines is 1. The van der Waals surface area contributed by atoms with E-state index < -0.39 is 0 Å². The van der Waals surface area contributed by atoms with Gasteiger partial charge in [-0.25, -0.2) is 0 Å². The maximum atomic E-state index is 12.6. The van der Waals surface area contributed by atoms with E-state index in [0.717, 1.165) is 4.47 Å². The summed E-state index contributed by atoms with van der Waals surface area (Å²) in [6.45, 7) is 2.24. The van der Waals surface area contributed by atoms with Gasteiger partial charge in [0.1, 0.15) is 5.75 Å². The van der Waals surface area contributed by atoms with Crippen molar-refractivity contribution in [1.82, 2.24) is 4.90 Å². The van der Waals surface area contributed by atoms with E-state index in [9.17, 15) is 9.59 Å². The second kappa shape index (κ2) is 8.33. The molecule has 1 saturated heterocycles. The first-order valence-electron chi connectivity index (χ1n) is 8.20. The van der Waals surface area contributed by atoms with Gasteiger partial charge < -0.3 is 19.7 Å². The van der Waals surface area contributed by atoms with E-state index in [0.29, 0.717) is 48.9 Å². The molecule has 1 heterocycles. The number of carbonyl (C=O) groups is 2. The third kappa shape index (κ3) is 4.23. The SMILES string of the molecule is COc1ccc(Br)cc1C(=O)Nc1cccc(C(=O)N2CCOCC2)c1. The largest absolute Gasteiger partial charge is 0.496 e. The third-order valence-electron chi connectivity index (χ3n) is 4.07. The molecule has 0 aliphatic carbocycles. The van der Waals surface area contributed by atoms with Crippen LogP contribution < -0.4 is 10.1 Å². The van der Waals surface area contributed by atoms with E-state index in [1.807, 2.05) is 0 Å². The summed E-state index contributed by atoms with van der Waals surface area (Å²) in [5.41, 5.74) is 1.49. The first-order chi connectivity index (χ1) is 12.6. The number of halogens is 1. The molecule has 2 aromatic carbocycles. The number of carbonyl (C=O) groups excluding carboxylic acids is 2. The Morgan fingerprint density at radius 1 is 1.15 bits per heavy atom. The smallest absolute Gasteiger partial charge is 0.259 e. The van der Waals surface area contributed by atoms with E-state index in [-0.39, 0.29) is 11.8 Å². The van der Waals surface area contributed by atoms with Crippen molar-refractivity contribution in [3.05, 3.63) is 58.1 Å². The van der Waals surface area contributed by atoms with Gasteiger partial charge in [0, 0.05) is 28.8 Å². The van der Waals surface area contributed by atoms with E-state index in [1.54, 1.807) is 47.4 Å². The van der Waals surface area contributed by atoms with Gasteiger partial charge in [0.2, 0.25) is 0 Å². The molecule has 1 fully saturated rings. The van der Waals surface area contributed by atoms with E-state index in [4.69, 9.17) is 9.47 Å². The number of hydrogen-bond acceptors (Lipinski definition) is 4. The van der Waals surface area contributed by atoms with Crippen LogP contribution in [0.25, 0.3) is 0 Å². The van der Waals surface area contributed by atoms with Gasteiger partial charge >= 0.3 is 0 Å². The van der Waals surface area contributed by atoms with Gasteiger partial charge in [0.15, 0.2) is 0 Å². The van der Waals surface area contributed by atoms with Crippen molar-refractivity contribution in [3.63, 3.8) is 0 Å². The van der Waals surface area contributed by atoms with Crippen LogP contribution in [0, 0.1) is 0 Å². The molecule has 6 nitrogen and oxygen atoms in total. The topological polar surface area (TPSA) is 67.9 Å². The number of hydrogen-bond donors (Lipinski definition) is 1. The molecule has 0 saturated carbocycles. The predicted octanol–water partition coefficient (Wildman–Crippen LogP) is 3.18. The summed E-state index contributed by atoms with van der Waals surface area (Å²) in [5, 5.41) is 2.82. The minimum absolute atomic E-state index is 0.0653. The zero-order valence-electron chi connectivity index (χ0n) is 14.3. The average molecular weight is 419 g/mol. The molecule has 0 atom stereocenters. The lowest BCUT2D eigenvalue weighted by atomic mass is 10.1. The quantitative estimate of drug-likeness (QED) is 0.827. The van der Waals surface area contributed by atoms with E-state index >= 15 is 0 Å². The average Bonchev–Trinajstić information content (AvgIpc) is 2.68. The number of amides is 2. The number of methoxy groups -OCH3 is 1. The Hall–Kier alpha value is -2.38. The molecule has 2 aromatic rings. The Kier molecular flexibility index (Phi) is 5.90. The zero-order chi connectivity index (χ0) is 18.5. The van der Waals surface area contributed by atoms with Crippen LogP contribution in [0.1, 0.15) is 20.7 Å². The van der Waals surface area contributed by atoms with Crippen molar-refractivity contribution < 1.29 is 19.1 Å². The molecule has 1 aliphatic heterocycles. The van der Waals surface area contributed by atoms with Crippen LogP contribution in [0.3, 0.4) is 0 Å². The van der Waals surface area contributed by atoms with Crippen molar-refractivity contribution >= 4 is 33.4 Å². The summed E-state index contributed by atoms with van der Waals surface area (Å²) < 4.78 is 11.3. The fourth-order valence-corrected chi connectivity index (χ4v) is 3.10. The van der Waals surface area contributed by atoms with Gasteiger partial charge in [0.05, 0.1) is 25.9 Å². The molecule has 3 rings (SSSR count). The lowest BCUT2D eigenvalue weighted by Gasteiger charge is -2.27. The standard InChI is InChI=1S/C19H19BrN2O4/c1-25-17-6-5-14(20)12-16(17)18(23)21-15-4-2-3-13(11-15)19(24)22-7-9-26-10-8-22/h2-6,11-12H,7-10H2,1H3,(H,21,23). The first-order valence-corrected chi connectivity index (χ1v) is 9.00. The number of benzene rings is 2. The highest BCUT2D eigenvalue weighted by Crippen LogP contribution is 2.24. The molecule has 2 amide bonds. The zero-order valence-corrected chi connectivity index (χ0v) is 15.9. The van der Waals surface area contributed by atoms with Crippen LogP contribution in [-0.2, 0) is 4.74 Å². The molecule has 0 aromatic heterocycles. The Morgan fingerprint density at radius 3 is 2.65 bits per heavy atom. The minimum Gasteiger partial charge on any atom is -0.496 e. The van der Waals surface area contributed by atoms with Crippen LogP contribution >= 0.6 is 15.9 Å². The molecule has 0 radical (unpaired) electrons. The van der Waals surface area contributed by atoms with Crippen molar-refractivity contribution in [1.29, 1.82) is 0 Å². The summed E-state index contributed by atoms with van der Waals surface area (Å²) in [6.07, 6.45) is 0. The van der Waals surface area contributed by atoms with Gasteiger partial charge in [-0.15, -0.1) is 0 Å². The predicted molar refractivity (Wildman–Crippen MR) is 102 cm³/mol. The maximum absolute atomic E-state index is 12.6. The van der Waals surface area contributed by atoms with Crippen LogP contribution in [0.4, 0.5) is 5.69 Å². The van der Waals surface area contributed by atoms with Crippen molar-refractivity contribution in [3.8, 4) is 5.75 Å². The highest BCUT2D eigenvalue weighted by Gasteiger charge is 2.19. The van der Waals surface area contributed by atoms with Crippen LogP contribution in [0.15, 0.2) is 46.9 Å². The fraction of sp³-hybridized carbons (Fsp3) is 0.263. The Labute approximate surface area is 160 Å². The van der Waals surface area contributed by atoms with Crippen LogP contribution in [0.2, 0.25) is 0 Å². The number of morpholine rings is 1. The van der Waals surface area contributed by atoms with Crippen molar-refractivity contribution in [2.75, 3.05) is 38.7 Å². The van der Waals surface area contributed by atoms with Gasteiger partial charge in [-0.05, 0) is 36.4 Å². The lowest BCUT2D eigenvalue weighted by Crippen LogP contribution is -2.40. The van der Waals surface area contributed by atoms with Crippen molar-refractivity contribution in [2.24, 2.45) is 0 Å². The molecule has 0 bridgehead atoms. The maximum Gasteiger partial charge on any atom is 0.259 e. The summed E-state index contributed by atoms with van der Waals surface area (Å²) in [4.78, 5) is 26.9. The number of nitrogens with one attached hydrogen (secondary N) is 1. The molecular weight excluding hydrogens is 400 g/mol. The molecule has 0 spiro atoms. The Bertz CT molecular complexity index is 819. The molecule has 1 N–H and O–H groups in total. The number of nitrogens with zero attached hydrogens (tertiary/aromatic N) is 1. The lowest BCUT2D eigenvalue weighted by molar-refractivity contribution is 0.0303. The molecule has 0 unspecified atom stereocenters. The molecule has 1 aliphatic rings. The van der Waals surface area contributed by atoms with Gasteiger partial charge in [0.25, 0.3) is 11.8 Å². The number of rotatable bonds is 4. The van der Waals surface area contributed by atoms with E-state index in [1.165, 1.54) is 7.11 Å². The summed E-state index contributed by atoms with van der Waals surface area (Å²) >= 11 is 3.36. The summed E-state index contributed by atoms with van der Waals surface area (Å²) in [6, 6.07) is 12.1. The first kappa shape index (κ1) is 18.4. The van der Waals surface area contributed by atoms with Crippen molar-refractivity contribution in [2.45, 2.75) is 0 Å². The fourth-order valence-electron chi connectivity index (χ4n) is 2.74. The monoisotopic (exact) mass is 418 g/mol. The summed E-state index contributed by atoms with van der Waals surface area (Å²) in [7, 11) is 1.52. The minimum atomic E-state index is -0.306. The van der Waals surface area contributed by atoms with Gasteiger partial charge in [-0.2, -0.15) is 0 Å². The molecular formula is C19H19BrN2O4. The van der Waals surface area contributed by atoms with E-state index in [2.05, 4.69) is 21.2 Å². The highest BCUT2D eigenvalue weighted by atomic mass is 79.9. The second-order valence-corrected chi connectivity index (χ2v) is 6.70. The second-order valence-electron chi connectivity index (χ2n) is 5.78. The van der Waals surface area contributed by atoms with Crippen LogP contribution in [0.5, 0.6) is 5.75 Å². The molecule has 7 heteroatoms. The highest BCUT2D eigenvalue weighted by molar-refractivity contribution is 9.10. The third-order valence-corrected chi connectivity index (χ3v) is 4.57. The number of ether oxygens (including phenoxy) is 2. The molecule has 136 valence electrons. The Balaban J connectivity index is 1.77. The normalized spacial score (nSPS) is 14.0. The van der Waals surface area contributed by atoms with Gasteiger partial charge in [-0.1, -0.05) is 22.0 Å². The Morgan fingerprint density at radius 2 is 1.92 bits per heavy atom.